The molecule has 0 radical (unpaired) electrons. The van der Waals surface area contributed by atoms with Crippen LogP contribution in [0.4, 0.5) is 17.2 Å². The number of aryl methyl sites for hydroxylation is 1. The molecule has 1 aromatic heterocycles. The summed E-state index contributed by atoms with van der Waals surface area (Å²) in [6.07, 6.45) is 0. The second-order valence-corrected chi connectivity index (χ2v) is 4.58. The molecule has 0 bridgehead atoms. The standard InChI is InChI=1S/C16H21N3O/c1-3-19(14-7-5-4-6-8-14)15-11-13(2)18-16(12-15)17-9-10-20/h4-8,11-12,20H,3,9-10H2,1-2H3,(H,17,18). The molecule has 0 aliphatic carbocycles. The maximum absolute atomic E-state index is 8.90. The summed E-state index contributed by atoms with van der Waals surface area (Å²) in [4.78, 5) is 6.67. The van der Waals surface area contributed by atoms with E-state index in [1.54, 1.807) is 0 Å². The van der Waals surface area contributed by atoms with E-state index in [0.29, 0.717) is 6.54 Å². The van der Waals surface area contributed by atoms with Crippen LogP contribution in [0.1, 0.15) is 12.6 Å². The number of aliphatic hydroxyl groups is 1. The molecular formula is C16H21N3O. The fourth-order valence-electron chi connectivity index (χ4n) is 2.20. The number of anilines is 3. The summed E-state index contributed by atoms with van der Waals surface area (Å²) < 4.78 is 0. The summed E-state index contributed by atoms with van der Waals surface area (Å²) >= 11 is 0. The third-order valence-electron chi connectivity index (χ3n) is 3.05. The van der Waals surface area contributed by atoms with Gasteiger partial charge in [0.05, 0.1) is 6.61 Å². The zero-order chi connectivity index (χ0) is 14.4. The third kappa shape index (κ3) is 3.48. The van der Waals surface area contributed by atoms with E-state index >= 15 is 0 Å². The van der Waals surface area contributed by atoms with Gasteiger partial charge in [-0.25, -0.2) is 4.98 Å². The molecule has 4 heteroatoms. The van der Waals surface area contributed by atoms with Crippen molar-refractivity contribution in [3.05, 3.63) is 48.2 Å². The lowest BCUT2D eigenvalue weighted by molar-refractivity contribution is 0.311. The van der Waals surface area contributed by atoms with Crippen LogP contribution in [0.5, 0.6) is 0 Å². The van der Waals surface area contributed by atoms with Gasteiger partial charge in [-0.15, -0.1) is 0 Å². The van der Waals surface area contributed by atoms with Gasteiger partial charge in [0.2, 0.25) is 0 Å². The minimum Gasteiger partial charge on any atom is -0.395 e. The second kappa shape index (κ2) is 6.91. The van der Waals surface area contributed by atoms with Crippen LogP contribution in [0.25, 0.3) is 0 Å². The summed E-state index contributed by atoms with van der Waals surface area (Å²) in [6, 6.07) is 14.4. The van der Waals surface area contributed by atoms with Crippen molar-refractivity contribution in [1.29, 1.82) is 0 Å². The molecule has 4 nitrogen and oxygen atoms in total. The smallest absolute Gasteiger partial charge is 0.128 e. The van der Waals surface area contributed by atoms with E-state index in [0.717, 1.165) is 29.4 Å². The average molecular weight is 271 g/mol. The summed E-state index contributed by atoms with van der Waals surface area (Å²) in [5, 5.41) is 12.0. The minimum atomic E-state index is 0.0983. The molecule has 0 unspecified atom stereocenters. The van der Waals surface area contributed by atoms with Gasteiger partial charge in [0, 0.05) is 36.2 Å². The van der Waals surface area contributed by atoms with E-state index in [4.69, 9.17) is 5.11 Å². The Labute approximate surface area is 120 Å². The Hall–Kier alpha value is -2.07. The minimum absolute atomic E-state index is 0.0983. The fraction of sp³-hybridized carbons (Fsp3) is 0.312. The molecule has 1 aromatic carbocycles. The van der Waals surface area contributed by atoms with Gasteiger partial charge >= 0.3 is 0 Å². The fourth-order valence-corrected chi connectivity index (χ4v) is 2.20. The Morgan fingerprint density at radius 1 is 1.15 bits per heavy atom. The van der Waals surface area contributed by atoms with Gasteiger partial charge in [-0.2, -0.15) is 0 Å². The summed E-state index contributed by atoms with van der Waals surface area (Å²) in [5.41, 5.74) is 3.22. The number of benzene rings is 1. The first-order chi connectivity index (χ1) is 9.74. The highest BCUT2D eigenvalue weighted by Gasteiger charge is 2.09. The molecule has 0 saturated heterocycles. The Morgan fingerprint density at radius 3 is 2.55 bits per heavy atom. The van der Waals surface area contributed by atoms with Crippen LogP contribution in [0, 0.1) is 6.92 Å². The number of aliphatic hydroxyl groups excluding tert-OH is 1. The second-order valence-electron chi connectivity index (χ2n) is 4.58. The van der Waals surface area contributed by atoms with Crippen LogP contribution in [0.15, 0.2) is 42.5 Å². The SMILES string of the molecule is CCN(c1ccccc1)c1cc(C)nc(NCCO)c1. The van der Waals surface area contributed by atoms with Crippen molar-refractivity contribution >= 4 is 17.2 Å². The quantitative estimate of drug-likeness (QED) is 0.848. The largest absolute Gasteiger partial charge is 0.395 e. The van der Waals surface area contributed by atoms with Gasteiger partial charge in [0.25, 0.3) is 0 Å². The predicted molar refractivity (Wildman–Crippen MR) is 83.7 cm³/mol. The van der Waals surface area contributed by atoms with E-state index < -0.39 is 0 Å². The van der Waals surface area contributed by atoms with Crippen LogP contribution in [0.3, 0.4) is 0 Å². The Morgan fingerprint density at radius 2 is 1.90 bits per heavy atom. The normalized spacial score (nSPS) is 10.3. The summed E-state index contributed by atoms with van der Waals surface area (Å²) in [7, 11) is 0. The van der Waals surface area contributed by atoms with Gasteiger partial charge < -0.3 is 15.3 Å². The van der Waals surface area contributed by atoms with Crippen molar-refractivity contribution in [2.45, 2.75) is 13.8 Å². The Balaban J connectivity index is 2.32. The molecule has 0 atom stereocenters. The number of nitrogens with zero attached hydrogens (tertiary/aromatic N) is 2. The average Bonchev–Trinajstić information content (AvgIpc) is 2.46. The zero-order valence-electron chi connectivity index (χ0n) is 12.0. The molecule has 0 saturated carbocycles. The highest BCUT2D eigenvalue weighted by Crippen LogP contribution is 2.27. The van der Waals surface area contributed by atoms with Gasteiger partial charge in [-0.05, 0) is 32.0 Å². The Kier molecular flexibility index (Phi) is 4.96. The maximum atomic E-state index is 8.90. The Bertz CT molecular complexity index is 543. The number of nitrogens with one attached hydrogen (secondary N) is 1. The van der Waals surface area contributed by atoms with E-state index in [2.05, 4.69) is 40.3 Å². The number of pyridine rings is 1. The summed E-state index contributed by atoms with van der Waals surface area (Å²) in [5.74, 6) is 0.795. The molecular weight excluding hydrogens is 250 g/mol. The molecule has 0 fully saturated rings. The van der Waals surface area contributed by atoms with Crippen LogP contribution in [-0.4, -0.2) is 29.8 Å². The first-order valence-corrected chi connectivity index (χ1v) is 6.90. The van der Waals surface area contributed by atoms with Gasteiger partial charge in [-0.1, -0.05) is 18.2 Å². The molecule has 2 rings (SSSR count). The summed E-state index contributed by atoms with van der Waals surface area (Å²) in [6.45, 7) is 5.59. The van der Waals surface area contributed by atoms with Crippen molar-refractivity contribution in [3.63, 3.8) is 0 Å². The van der Waals surface area contributed by atoms with Crippen LogP contribution in [-0.2, 0) is 0 Å². The first kappa shape index (κ1) is 14.3. The lowest BCUT2D eigenvalue weighted by Gasteiger charge is -2.24. The molecule has 0 aliphatic rings. The van der Waals surface area contributed by atoms with Crippen LogP contribution in [0.2, 0.25) is 0 Å². The van der Waals surface area contributed by atoms with Crippen molar-refractivity contribution in [3.8, 4) is 0 Å². The zero-order valence-corrected chi connectivity index (χ0v) is 12.0. The molecule has 0 aliphatic heterocycles. The predicted octanol–water partition coefficient (Wildman–Crippen LogP) is 2.95. The molecule has 2 aromatic rings. The first-order valence-electron chi connectivity index (χ1n) is 6.90. The van der Waals surface area contributed by atoms with Crippen LogP contribution >= 0.6 is 0 Å². The third-order valence-corrected chi connectivity index (χ3v) is 3.05. The van der Waals surface area contributed by atoms with E-state index in [9.17, 15) is 0 Å². The lowest BCUT2D eigenvalue weighted by Crippen LogP contribution is -2.17. The monoisotopic (exact) mass is 271 g/mol. The molecule has 0 spiro atoms. The molecule has 0 amide bonds. The van der Waals surface area contributed by atoms with Gasteiger partial charge in [0.1, 0.15) is 5.82 Å². The van der Waals surface area contributed by atoms with Crippen molar-refractivity contribution in [1.82, 2.24) is 4.98 Å². The number of para-hydroxylation sites is 1. The molecule has 20 heavy (non-hydrogen) atoms. The molecule has 1 heterocycles. The lowest BCUT2D eigenvalue weighted by atomic mass is 10.2. The van der Waals surface area contributed by atoms with Crippen molar-refractivity contribution < 1.29 is 5.11 Å². The topological polar surface area (TPSA) is 48.4 Å². The van der Waals surface area contributed by atoms with Gasteiger partial charge in [0.15, 0.2) is 0 Å². The van der Waals surface area contributed by atoms with Gasteiger partial charge in [-0.3, -0.25) is 0 Å². The number of rotatable bonds is 6. The van der Waals surface area contributed by atoms with Crippen LogP contribution < -0.4 is 10.2 Å². The number of hydrogen-bond acceptors (Lipinski definition) is 4. The van der Waals surface area contributed by atoms with E-state index in [1.165, 1.54) is 0 Å². The number of aromatic nitrogens is 1. The molecule has 106 valence electrons. The highest BCUT2D eigenvalue weighted by molar-refractivity contribution is 5.66. The van der Waals surface area contributed by atoms with Crippen molar-refractivity contribution in [2.24, 2.45) is 0 Å². The van der Waals surface area contributed by atoms with Crippen molar-refractivity contribution in [2.75, 3.05) is 29.9 Å². The highest BCUT2D eigenvalue weighted by atomic mass is 16.3. The maximum Gasteiger partial charge on any atom is 0.128 e. The van der Waals surface area contributed by atoms with E-state index in [-0.39, 0.29) is 6.61 Å². The van der Waals surface area contributed by atoms with E-state index in [1.807, 2.05) is 31.2 Å². The molecule has 2 N–H and O–H groups in total. The number of hydrogen-bond donors (Lipinski definition) is 2.